The van der Waals surface area contributed by atoms with Crippen molar-refractivity contribution in [1.82, 2.24) is 14.7 Å². The molecule has 0 bridgehead atoms. The lowest BCUT2D eigenvalue weighted by Crippen LogP contribution is -2.40. The second kappa shape index (κ2) is 5.26. The second-order valence-electron chi connectivity index (χ2n) is 5.61. The van der Waals surface area contributed by atoms with E-state index in [1.807, 2.05) is 10.9 Å². The molecule has 1 saturated heterocycles. The molecule has 1 saturated carbocycles. The largest absolute Gasteiger partial charge is 0.480 e. The van der Waals surface area contributed by atoms with Crippen molar-refractivity contribution < 1.29 is 14.7 Å². The van der Waals surface area contributed by atoms with Crippen LogP contribution in [0.5, 0.6) is 0 Å². The average Bonchev–Trinajstić information content (AvgIpc) is 3.17. The smallest absolute Gasteiger partial charge is 0.326 e. The Morgan fingerprint density at radius 1 is 1.20 bits per heavy atom. The maximum atomic E-state index is 12.4. The number of hydrogen-bond donors (Lipinski definition) is 1. The van der Waals surface area contributed by atoms with Crippen molar-refractivity contribution in [3.8, 4) is 0 Å². The molecule has 2 aliphatic rings. The maximum Gasteiger partial charge on any atom is 0.326 e. The molecule has 1 aliphatic carbocycles. The third-order valence-electron chi connectivity index (χ3n) is 4.32. The van der Waals surface area contributed by atoms with Crippen LogP contribution >= 0.6 is 0 Å². The van der Waals surface area contributed by atoms with E-state index in [0.29, 0.717) is 24.7 Å². The molecule has 0 aromatic carbocycles. The Morgan fingerprint density at radius 2 is 1.95 bits per heavy atom. The molecule has 1 amide bonds. The second-order valence-corrected chi connectivity index (χ2v) is 5.61. The van der Waals surface area contributed by atoms with Gasteiger partial charge < -0.3 is 10.0 Å². The van der Waals surface area contributed by atoms with Gasteiger partial charge in [0.15, 0.2) is 0 Å². The lowest BCUT2D eigenvalue weighted by atomic mass is 10.2. The predicted octanol–water partition coefficient (Wildman–Crippen LogP) is 1.69. The van der Waals surface area contributed by atoms with Gasteiger partial charge in [0.25, 0.3) is 5.91 Å². The lowest BCUT2D eigenvalue weighted by molar-refractivity contribution is -0.141. The molecule has 1 aromatic rings. The van der Waals surface area contributed by atoms with Crippen LogP contribution in [0.25, 0.3) is 0 Å². The quantitative estimate of drug-likeness (QED) is 0.912. The Balaban J connectivity index is 1.75. The standard InChI is InChI=1S/C14H19N3O3/c18-13(16-8-3-6-12(16)14(19)20)11-7-9-17(15-11)10-4-1-2-5-10/h7,9-10,12H,1-6,8H2,(H,19,20)/t12-/m1/s1. The van der Waals surface area contributed by atoms with Gasteiger partial charge in [0.1, 0.15) is 11.7 Å². The monoisotopic (exact) mass is 277 g/mol. The minimum Gasteiger partial charge on any atom is -0.480 e. The molecule has 108 valence electrons. The number of rotatable bonds is 3. The van der Waals surface area contributed by atoms with Gasteiger partial charge in [0, 0.05) is 12.7 Å². The first-order chi connectivity index (χ1) is 9.66. The molecule has 1 aromatic heterocycles. The highest BCUT2D eigenvalue weighted by Gasteiger charge is 2.35. The summed E-state index contributed by atoms with van der Waals surface area (Å²) in [4.78, 5) is 25.0. The summed E-state index contributed by atoms with van der Waals surface area (Å²) in [6.07, 6.45) is 7.75. The topological polar surface area (TPSA) is 75.4 Å². The van der Waals surface area contributed by atoms with Crippen LogP contribution in [0, 0.1) is 0 Å². The van der Waals surface area contributed by atoms with Crippen molar-refractivity contribution in [2.45, 2.75) is 50.6 Å². The summed E-state index contributed by atoms with van der Waals surface area (Å²) in [5.41, 5.74) is 0.366. The number of likely N-dealkylation sites (tertiary alicyclic amines) is 1. The Hall–Kier alpha value is -1.85. The Kier molecular flexibility index (Phi) is 3.46. The fourth-order valence-electron chi connectivity index (χ4n) is 3.24. The zero-order valence-corrected chi connectivity index (χ0v) is 11.4. The van der Waals surface area contributed by atoms with E-state index in [1.54, 1.807) is 6.07 Å². The summed E-state index contributed by atoms with van der Waals surface area (Å²) in [6, 6.07) is 1.40. The van der Waals surface area contributed by atoms with E-state index in [4.69, 9.17) is 5.11 Å². The van der Waals surface area contributed by atoms with Crippen LogP contribution in [0.2, 0.25) is 0 Å². The summed E-state index contributed by atoms with van der Waals surface area (Å²) in [5, 5.41) is 13.5. The van der Waals surface area contributed by atoms with Crippen LogP contribution in [0.4, 0.5) is 0 Å². The summed E-state index contributed by atoms with van der Waals surface area (Å²) in [7, 11) is 0. The molecule has 2 fully saturated rings. The first kappa shape index (κ1) is 13.1. The van der Waals surface area contributed by atoms with Gasteiger partial charge in [-0.3, -0.25) is 9.48 Å². The average molecular weight is 277 g/mol. The third kappa shape index (κ3) is 2.30. The summed E-state index contributed by atoms with van der Waals surface area (Å²) >= 11 is 0. The van der Waals surface area contributed by atoms with E-state index in [9.17, 15) is 9.59 Å². The molecule has 1 aliphatic heterocycles. The molecule has 0 unspecified atom stereocenters. The summed E-state index contributed by atoms with van der Waals surface area (Å²) in [5.74, 6) is -1.18. The number of hydrogen-bond acceptors (Lipinski definition) is 3. The van der Waals surface area contributed by atoms with Crippen molar-refractivity contribution in [3.63, 3.8) is 0 Å². The van der Waals surface area contributed by atoms with E-state index in [0.717, 1.165) is 19.3 Å². The Labute approximate surface area is 117 Å². The van der Waals surface area contributed by atoms with Crippen molar-refractivity contribution in [1.29, 1.82) is 0 Å². The number of carboxylic acids is 1. The number of carbonyl (C=O) groups is 2. The van der Waals surface area contributed by atoms with Gasteiger partial charge in [0.2, 0.25) is 0 Å². The third-order valence-corrected chi connectivity index (χ3v) is 4.32. The predicted molar refractivity (Wildman–Crippen MR) is 71.4 cm³/mol. The van der Waals surface area contributed by atoms with E-state index in [-0.39, 0.29) is 5.91 Å². The van der Waals surface area contributed by atoms with Crippen molar-refractivity contribution in [3.05, 3.63) is 18.0 Å². The van der Waals surface area contributed by atoms with E-state index >= 15 is 0 Å². The normalized spacial score (nSPS) is 23.4. The highest BCUT2D eigenvalue weighted by atomic mass is 16.4. The summed E-state index contributed by atoms with van der Waals surface area (Å²) in [6.45, 7) is 0.506. The van der Waals surface area contributed by atoms with Gasteiger partial charge in [0.05, 0.1) is 6.04 Å². The van der Waals surface area contributed by atoms with Crippen LogP contribution in [-0.4, -0.2) is 44.3 Å². The van der Waals surface area contributed by atoms with Gasteiger partial charge in [-0.25, -0.2) is 4.79 Å². The van der Waals surface area contributed by atoms with Crippen LogP contribution < -0.4 is 0 Å². The van der Waals surface area contributed by atoms with E-state index < -0.39 is 12.0 Å². The number of carboxylic acid groups (broad SMARTS) is 1. The van der Waals surface area contributed by atoms with Gasteiger partial charge in [-0.2, -0.15) is 5.10 Å². The van der Waals surface area contributed by atoms with Crippen molar-refractivity contribution in [2.75, 3.05) is 6.54 Å². The van der Waals surface area contributed by atoms with Crippen LogP contribution in [0.15, 0.2) is 12.3 Å². The molecule has 6 heteroatoms. The molecule has 1 atom stereocenters. The minimum atomic E-state index is -0.925. The molecule has 0 spiro atoms. The zero-order valence-electron chi connectivity index (χ0n) is 11.4. The highest BCUT2D eigenvalue weighted by molar-refractivity contribution is 5.95. The number of carbonyl (C=O) groups excluding carboxylic acids is 1. The zero-order chi connectivity index (χ0) is 14.1. The lowest BCUT2D eigenvalue weighted by Gasteiger charge is -2.20. The fourth-order valence-corrected chi connectivity index (χ4v) is 3.24. The first-order valence-electron chi connectivity index (χ1n) is 7.26. The SMILES string of the molecule is O=C(O)[C@H]1CCCN1C(=O)c1ccn(C2CCCC2)n1. The van der Waals surface area contributed by atoms with Gasteiger partial charge in [-0.05, 0) is 31.7 Å². The van der Waals surface area contributed by atoms with E-state index in [2.05, 4.69) is 5.10 Å². The number of aliphatic carboxylic acids is 1. The Bertz CT molecular complexity index is 519. The first-order valence-corrected chi connectivity index (χ1v) is 7.26. The van der Waals surface area contributed by atoms with Crippen molar-refractivity contribution in [2.24, 2.45) is 0 Å². The molecule has 0 radical (unpaired) electrons. The molecule has 2 heterocycles. The molecular weight excluding hydrogens is 258 g/mol. The fraction of sp³-hybridized carbons (Fsp3) is 0.643. The Morgan fingerprint density at radius 3 is 2.65 bits per heavy atom. The highest BCUT2D eigenvalue weighted by Crippen LogP contribution is 2.29. The van der Waals surface area contributed by atoms with Gasteiger partial charge in [-0.15, -0.1) is 0 Å². The maximum absolute atomic E-state index is 12.4. The van der Waals surface area contributed by atoms with Crippen LogP contribution in [-0.2, 0) is 4.79 Å². The van der Waals surface area contributed by atoms with E-state index in [1.165, 1.54) is 17.7 Å². The molecule has 6 nitrogen and oxygen atoms in total. The molecule has 1 N–H and O–H groups in total. The number of aromatic nitrogens is 2. The van der Waals surface area contributed by atoms with Crippen molar-refractivity contribution >= 4 is 11.9 Å². The number of amides is 1. The number of nitrogens with zero attached hydrogens (tertiary/aromatic N) is 3. The minimum absolute atomic E-state index is 0.258. The van der Waals surface area contributed by atoms with Gasteiger partial charge in [-0.1, -0.05) is 12.8 Å². The van der Waals surface area contributed by atoms with Crippen LogP contribution in [0.3, 0.4) is 0 Å². The molecule has 3 rings (SSSR count). The van der Waals surface area contributed by atoms with Gasteiger partial charge >= 0.3 is 5.97 Å². The van der Waals surface area contributed by atoms with Crippen LogP contribution in [0.1, 0.15) is 55.1 Å². The molecule has 20 heavy (non-hydrogen) atoms. The molecular formula is C14H19N3O3. The summed E-state index contributed by atoms with van der Waals surface area (Å²) < 4.78 is 1.87.